The van der Waals surface area contributed by atoms with Gasteiger partial charge in [0.15, 0.2) is 0 Å². The van der Waals surface area contributed by atoms with Crippen molar-refractivity contribution < 1.29 is 9.90 Å². The average molecular weight is 269 g/mol. The van der Waals surface area contributed by atoms with Gasteiger partial charge in [-0.3, -0.25) is 4.79 Å². The van der Waals surface area contributed by atoms with Crippen LogP contribution in [0.5, 0.6) is 0 Å². The van der Waals surface area contributed by atoms with Gasteiger partial charge in [-0.05, 0) is 31.5 Å². The van der Waals surface area contributed by atoms with Gasteiger partial charge >= 0.3 is 0 Å². The van der Waals surface area contributed by atoms with E-state index in [2.05, 4.69) is 5.32 Å². The molecule has 0 aliphatic rings. The van der Waals surface area contributed by atoms with Gasteiger partial charge in [0.2, 0.25) is 0 Å². The van der Waals surface area contributed by atoms with Crippen LogP contribution in [0.3, 0.4) is 0 Å². The molecule has 0 spiro atoms. The van der Waals surface area contributed by atoms with E-state index in [1.807, 2.05) is 50.2 Å². The Kier molecular flexibility index (Phi) is 4.53. The third kappa shape index (κ3) is 3.68. The van der Waals surface area contributed by atoms with Crippen LogP contribution in [0.1, 0.15) is 33.2 Å². The minimum Gasteiger partial charge on any atom is -0.387 e. The van der Waals surface area contributed by atoms with E-state index in [0.717, 1.165) is 16.7 Å². The number of hydrogen-bond donors (Lipinski definition) is 2. The Balaban J connectivity index is 1.92. The van der Waals surface area contributed by atoms with Crippen LogP contribution in [0.15, 0.2) is 48.5 Å². The lowest BCUT2D eigenvalue weighted by Crippen LogP contribution is -2.28. The normalized spacial score (nSPS) is 11.9. The van der Waals surface area contributed by atoms with Crippen molar-refractivity contribution in [1.29, 1.82) is 0 Å². The second kappa shape index (κ2) is 6.35. The van der Waals surface area contributed by atoms with Gasteiger partial charge in [0, 0.05) is 12.1 Å². The molecule has 3 heteroatoms. The van der Waals surface area contributed by atoms with Crippen LogP contribution < -0.4 is 5.32 Å². The van der Waals surface area contributed by atoms with Crippen LogP contribution in [-0.4, -0.2) is 17.6 Å². The Labute approximate surface area is 119 Å². The van der Waals surface area contributed by atoms with Crippen molar-refractivity contribution in [3.63, 3.8) is 0 Å². The van der Waals surface area contributed by atoms with E-state index in [9.17, 15) is 9.90 Å². The third-order valence-electron chi connectivity index (χ3n) is 3.23. The number of rotatable bonds is 4. The van der Waals surface area contributed by atoms with Crippen molar-refractivity contribution in [1.82, 2.24) is 5.32 Å². The van der Waals surface area contributed by atoms with E-state index >= 15 is 0 Å². The number of benzene rings is 2. The Morgan fingerprint density at radius 3 is 2.05 bits per heavy atom. The van der Waals surface area contributed by atoms with E-state index in [4.69, 9.17) is 0 Å². The summed E-state index contributed by atoms with van der Waals surface area (Å²) >= 11 is 0. The molecule has 0 bridgehead atoms. The molecule has 1 amide bonds. The molecular weight excluding hydrogens is 250 g/mol. The molecule has 0 aliphatic carbocycles. The summed E-state index contributed by atoms with van der Waals surface area (Å²) in [5.74, 6) is -0.170. The van der Waals surface area contributed by atoms with Gasteiger partial charge in [-0.15, -0.1) is 0 Å². The molecule has 0 unspecified atom stereocenters. The number of carbonyl (C=O) groups is 1. The quantitative estimate of drug-likeness (QED) is 0.896. The molecule has 0 fully saturated rings. The first kappa shape index (κ1) is 14.3. The third-order valence-corrected chi connectivity index (χ3v) is 3.23. The predicted octanol–water partition coefficient (Wildman–Crippen LogP) is 2.77. The van der Waals surface area contributed by atoms with Crippen LogP contribution in [-0.2, 0) is 0 Å². The molecule has 0 aliphatic heterocycles. The van der Waals surface area contributed by atoms with E-state index in [0.29, 0.717) is 5.56 Å². The smallest absolute Gasteiger partial charge is 0.251 e. The number of amides is 1. The summed E-state index contributed by atoms with van der Waals surface area (Å²) in [5, 5.41) is 12.8. The molecule has 0 saturated carbocycles. The molecule has 1 atom stereocenters. The first-order chi connectivity index (χ1) is 9.56. The maximum atomic E-state index is 11.9. The number of aliphatic hydroxyl groups is 1. The summed E-state index contributed by atoms with van der Waals surface area (Å²) in [6.45, 7) is 4.17. The monoisotopic (exact) mass is 269 g/mol. The van der Waals surface area contributed by atoms with Crippen LogP contribution in [0.4, 0.5) is 0 Å². The molecular formula is C17H19NO2. The summed E-state index contributed by atoms with van der Waals surface area (Å²) in [4.78, 5) is 11.9. The highest BCUT2D eigenvalue weighted by atomic mass is 16.3. The average Bonchev–Trinajstić information content (AvgIpc) is 2.46. The number of hydrogen-bond acceptors (Lipinski definition) is 2. The van der Waals surface area contributed by atoms with E-state index in [1.165, 1.54) is 0 Å². The standard InChI is InChI=1S/C17H19NO2/c1-12-3-7-14(8-4-12)16(19)11-18-17(20)15-9-5-13(2)6-10-15/h3-10,16,19H,11H2,1-2H3,(H,18,20)/t16-/m1/s1. The molecule has 0 radical (unpaired) electrons. The van der Waals surface area contributed by atoms with Gasteiger partial charge in [0.1, 0.15) is 0 Å². The second-order valence-corrected chi connectivity index (χ2v) is 5.00. The fraction of sp³-hybridized carbons (Fsp3) is 0.235. The summed E-state index contributed by atoms with van der Waals surface area (Å²) < 4.78 is 0. The van der Waals surface area contributed by atoms with E-state index in [-0.39, 0.29) is 12.5 Å². The maximum absolute atomic E-state index is 11.9. The van der Waals surface area contributed by atoms with Gasteiger partial charge in [0.05, 0.1) is 6.10 Å². The topological polar surface area (TPSA) is 49.3 Å². The van der Waals surface area contributed by atoms with Crippen LogP contribution in [0, 0.1) is 13.8 Å². The Morgan fingerprint density at radius 2 is 1.50 bits per heavy atom. The zero-order chi connectivity index (χ0) is 14.5. The number of aryl methyl sites for hydroxylation is 2. The van der Waals surface area contributed by atoms with Gasteiger partial charge in [0.25, 0.3) is 5.91 Å². The van der Waals surface area contributed by atoms with E-state index < -0.39 is 6.10 Å². The lowest BCUT2D eigenvalue weighted by atomic mass is 10.1. The van der Waals surface area contributed by atoms with Crippen LogP contribution in [0.25, 0.3) is 0 Å². The summed E-state index contributed by atoms with van der Waals surface area (Å²) in [7, 11) is 0. The fourth-order valence-electron chi connectivity index (χ4n) is 1.90. The van der Waals surface area contributed by atoms with Crippen molar-refractivity contribution in [2.24, 2.45) is 0 Å². The highest BCUT2D eigenvalue weighted by Crippen LogP contribution is 2.13. The molecule has 3 nitrogen and oxygen atoms in total. The fourth-order valence-corrected chi connectivity index (χ4v) is 1.90. The van der Waals surface area contributed by atoms with Crippen molar-refractivity contribution in [2.75, 3.05) is 6.54 Å². The van der Waals surface area contributed by atoms with Crippen molar-refractivity contribution >= 4 is 5.91 Å². The highest BCUT2D eigenvalue weighted by molar-refractivity contribution is 5.94. The molecule has 0 heterocycles. The lowest BCUT2D eigenvalue weighted by Gasteiger charge is -2.12. The molecule has 0 aromatic heterocycles. The first-order valence-electron chi connectivity index (χ1n) is 6.66. The SMILES string of the molecule is Cc1ccc(C(=O)NC[C@@H](O)c2ccc(C)cc2)cc1. The van der Waals surface area contributed by atoms with Crippen LogP contribution >= 0.6 is 0 Å². The minimum atomic E-state index is -0.690. The molecule has 20 heavy (non-hydrogen) atoms. The minimum absolute atomic E-state index is 0.170. The van der Waals surface area contributed by atoms with Gasteiger partial charge in [-0.2, -0.15) is 0 Å². The number of aliphatic hydroxyl groups excluding tert-OH is 1. The highest BCUT2D eigenvalue weighted by Gasteiger charge is 2.10. The molecule has 2 rings (SSSR count). The number of carbonyl (C=O) groups excluding carboxylic acids is 1. The molecule has 2 aromatic carbocycles. The zero-order valence-corrected chi connectivity index (χ0v) is 11.8. The van der Waals surface area contributed by atoms with Gasteiger partial charge in [-0.25, -0.2) is 0 Å². The molecule has 104 valence electrons. The van der Waals surface area contributed by atoms with Crippen molar-refractivity contribution in [3.05, 3.63) is 70.8 Å². The molecule has 2 aromatic rings. The van der Waals surface area contributed by atoms with Gasteiger partial charge in [-0.1, -0.05) is 47.5 Å². The molecule has 0 saturated heterocycles. The molecule has 2 N–H and O–H groups in total. The zero-order valence-electron chi connectivity index (χ0n) is 11.8. The Bertz CT molecular complexity index is 573. The lowest BCUT2D eigenvalue weighted by molar-refractivity contribution is 0.0916. The predicted molar refractivity (Wildman–Crippen MR) is 79.7 cm³/mol. The van der Waals surface area contributed by atoms with Gasteiger partial charge < -0.3 is 10.4 Å². The van der Waals surface area contributed by atoms with Crippen LogP contribution in [0.2, 0.25) is 0 Å². The van der Waals surface area contributed by atoms with E-state index in [1.54, 1.807) is 12.1 Å². The Hall–Kier alpha value is -2.13. The second-order valence-electron chi connectivity index (χ2n) is 5.00. The number of nitrogens with one attached hydrogen (secondary N) is 1. The van der Waals surface area contributed by atoms with Crippen molar-refractivity contribution in [3.8, 4) is 0 Å². The first-order valence-corrected chi connectivity index (χ1v) is 6.66. The summed E-state index contributed by atoms with van der Waals surface area (Å²) in [6, 6.07) is 15.0. The van der Waals surface area contributed by atoms with Crippen molar-refractivity contribution in [2.45, 2.75) is 20.0 Å². The largest absolute Gasteiger partial charge is 0.387 e. The summed E-state index contributed by atoms with van der Waals surface area (Å²) in [5.41, 5.74) is 3.66. The maximum Gasteiger partial charge on any atom is 0.251 e. The summed E-state index contributed by atoms with van der Waals surface area (Å²) in [6.07, 6.45) is -0.690. The Morgan fingerprint density at radius 1 is 1.00 bits per heavy atom.